The molecule has 0 radical (unpaired) electrons. The van der Waals surface area contributed by atoms with Crippen LogP contribution < -0.4 is 14.8 Å². The van der Waals surface area contributed by atoms with Crippen LogP contribution in [-0.4, -0.2) is 47.9 Å². The molecule has 1 N–H and O–H groups in total. The van der Waals surface area contributed by atoms with Crippen molar-refractivity contribution in [3.8, 4) is 11.5 Å². The second-order valence-electron chi connectivity index (χ2n) is 8.45. The molecule has 0 aromatic heterocycles. The van der Waals surface area contributed by atoms with Gasteiger partial charge in [0.25, 0.3) is 5.91 Å². The molecule has 9 nitrogen and oxygen atoms in total. The number of rotatable bonds is 12. The Morgan fingerprint density at radius 3 is 2.50 bits per heavy atom. The lowest BCUT2D eigenvalue weighted by molar-refractivity contribution is -0.385. The monoisotopic (exact) mass is 471 g/mol. The molecule has 0 aliphatic carbocycles. The molecule has 0 saturated heterocycles. The number of nitrogens with one attached hydrogen (secondary N) is 1. The van der Waals surface area contributed by atoms with Gasteiger partial charge in [-0.05, 0) is 30.9 Å². The van der Waals surface area contributed by atoms with Crippen LogP contribution in [0.15, 0.2) is 42.5 Å². The summed E-state index contributed by atoms with van der Waals surface area (Å²) in [7, 11) is 1.32. The van der Waals surface area contributed by atoms with E-state index in [4.69, 9.17) is 9.47 Å². The zero-order chi connectivity index (χ0) is 25.3. The fraction of sp³-hybridized carbons (Fsp3) is 0.440. The maximum atomic E-state index is 13.3. The Morgan fingerprint density at radius 2 is 1.91 bits per heavy atom. The number of nitro groups is 1. The van der Waals surface area contributed by atoms with Crippen molar-refractivity contribution in [1.29, 1.82) is 0 Å². The summed E-state index contributed by atoms with van der Waals surface area (Å²) in [5.41, 5.74) is 1.76. The van der Waals surface area contributed by atoms with Crippen LogP contribution in [0.1, 0.15) is 38.3 Å². The fourth-order valence-electron chi connectivity index (χ4n) is 3.48. The first-order chi connectivity index (χ1) is 16.2. The van der Waals surface area contributed by atoms with Gasteiger partial charge in [-0.2, -0.15) is 0 Å². The van der Waals surface area contributed by atoms with E-state index in [9.17, 15) is 19.7 Å². The van der Waals surface area contributed by atoms with E-state index in [1.165, 1.54) is 30.2 Å². The van der Waals surface area contributed by atoms with Crippen LogP contribution in [0.4, 0.5) is 5.69 Å². The summed E-state index contributed by atoms with van der Waals surface area (Å²) in [5.74, 6) is -0.0166. The predicted octanol–water partition coefficient (Wildman–Crippen LogP) is 3.87. The van der Waals surface area contributed by atoms with E-state index in [1.54, 1.807) is 0 Å². The average Bonchev–Trinajstić information content (AvgIpc) is 2.80. The molecule has 0 spiro atoms. The van der Waals surface area contributed by atoms with Gasteiger partial charge in [-0.15, -0.1) is 0 Å². The van der Waals surface area contributed by atoms with Crippen molar-refractivity contribution in [2.24, 2.45) is 5.92 Å². The quantitative estimate of drug-likeness (QED) is 0.372. The average molecular weight is 472 g/mol. The molecule has 2 aromatic rings. The largest absolute Gasteiger partial charge is 0.490 e. The standard InChI is InChI=1S/C25H33N3O6/c1-6-21(25(30)26-14-17(2)3)27(15-19-9-7-8-18(4)12-19)24(29)16-34-20-10-11-22(28(31)32)23(13-20)33-5/h7-13,17,21H,6,14-16H2,1-5H3,(H,26,30). The smallest absolute Gasteiger partial charge is 0.311 e. The van der Waals surface area contributed by atoms with Crippen molar-refractivity contribution in [3.63, 3.8) is 0 Å². The summed E-state index contributed by atoms with van der Waals surface area (Å²) in [4.78, 5) is 38.2. The fourth-order valence-corrected chi connectivity index (χ4v) is 3.48. The zero-order valence-corrected chi connectivity index (χ0v) is 20.4. The SMILES string of the molecule is CCC(C(=O)NCC(C)C)N(Cc1cccc(C)c1)C(=O)COc1ccc([N+](=O)[O-])c(OC)c1. The van der Waals surface area contributed by atoms with Crippen molar-refractivity contribution in [2.45, 2.75) is 46.7 Å². The molecular formula is C25H33N3O6. The lowest BCUT2D eigenvalue weighted by Gasteiger charge is -2.31. The van der Waals surface area contributed by atoms with Gasteiger partial charge in [-0.3, -0.25) is 19.7 Å². The molecule has 1 unspecified atom stereocenters. The number of nitrogens with zero attached hydrogens (tertiary/aromatic N) is 2. The highest BCUT2D eigenvalue weighted by Gasteiger charge is 2.29. The van der Waals surface area contributed by atoms with Gasteiger partial charge < -0.3 is 19.7 Å². The number of nitro benzene ring substituents is 1. The Morgan fingerprint density at radius 1 is 1.18 bits per heavy atom. The summed E-state index contributed by atoms with van der Waals surface area (Å²) in [6.07, 6.45) is 0.437. The van der Waals surface area contributed by atoms with Crippen LogP contribution in [0, 0.1) is 23.0 Å². The normalized spacial score (nSPS) is 11.6. The summed E-state index contributed by atoms with van der Waals surface area (Å²) in [6.45, 7) is 8.26. The van der Waals surface area contributed by atoms with E-state index >= 15 is 0 Å². The van der Waals surface area contributed by atoms with Crippen LogP contribution in [-0.2, 0) is 16.1 Å². The van der Waals surface area contributed by atoms with E-state index in [0.29, 0.717) is 13.0 Å². The van der Waals surface area contributed by atoms with Gasteiger partial charge in [-0.1, -0.05) is 50.6 Å². The van der Waals surface area contributed by atoms with Crippen LogP contribution >= 0.6 is 0 Å². The number of ether oxygens (including phenoxy) is 2. The molecule has 0 aliphatic heterocycles. The van der Waals surface area contributed by atoms with Crippen LogP contribution in [0.5, 0.6) is 11.5 Å². The Bertz CT molecular complexity index is 1010. The molecular weight excluding hydrogens is 438 g/mol. The van der Waals surface area contributed by atoms with Gasteiger partial charge >= 0.3 is 5.69 Å². The third-order valence-electron chi connectivity index (χ3n) is 5.22. The lowest BCUT2D eigenvalue weighted by atomic mass is 10.1. The summed E-state index contributed by atoms with van der Waals surface area (Å²) in [6, 6.07) is 11.1. The first-order valence-electron chi connectivity index (χ1n) is 11.2. The number of carbonyl (C=O) groups excluding carboxylic acids is 2. The minimum Gasteiger partial charge on any atom is -0.490 e. The maximum Gasteiger partial charge on any atom is 0.311 e. The van der Waals surface area contributed by atoms with Crippen molar-refractivity contribution >= 4 is 17.5 Å². The molecule has 2 aromatic carbocycles. The molecule has 9 heteroatoms. The van der Waals surface area contributed by atoms with E-state index in [1.807, 2.05) is 52.0 Å². The second-order valence-corrected chi connectivity index (χ2v) is 8.45. The Hall–Kier alpha value is -3.62. The predicted molar refractivity (Wildman–Crippen MR) is 129 cm³/mol. The Balaban J connectivity index is 2.24. The van der Waals surface area contributed by atoms with Gasteiger partial charge in [0.2, 0.25) is 11.7 Å². The third kappa shape index (κ3) is 7.47. The molecule has 0 saturated carbocycles. The summed E-state index contributed by atoms with van der Waals surface area (Å²) < 4.78 is 10.7. The van der Waals surface area contributed by atoms with E-state index < -0.39 is 11.0 Å². The third-order valence-corrected chi connectivity index (χ3v) is 5.22. The number of methoxy groups -OCH3 is 1. The van der Waals surface area contributed by atoms with Gasteiger partial charge in [-0.25, -0.2) is 0 Å². The minimum absolute atomic E-state index is 0.0334. The molecule has 2 amide bonds. The molecule has 0 bridgehead atoms. The van der Waals surface area contributed by atoms with Crippen LogP contribution in [0.2, 0.25) is 0 Å². The highest BCUT2D eigenvalue weighted by molar-refractivity contribution is 5.88. The number of amides is 2. The van der Waals surface area contributed by atoms with Crippen LogP contribution in [0.3, 0.4) is 0 Å². The summed E-state index contributed by atoms with van der Waals surface area (Å²) in [5, 5.41) is 14.0. The summed E-state index contributed by atoms with van der Waals surface area (Å²) >= 11 is 0. The van der Waals surface area contributed by atoms with Gasteiger partial charge in [0.05, 0.1) is 12.0 Å². The number of benzene rings is 2. The van der Waals surface area contributed by atoms with Crippen molar-refractivity contribution in [1.82, 2.24) is 10.2 Å². The lowest BCUT2D eigenvalue weighted by Crippen LogP contribution is -2.50. The first-order valence-corrected chi connectivity index (χ1v) is 11.2. The van der Waals surface area contributed by atoms with Crippen molar-refractivity contribution in [2.75, 3.05) is 20.3 Å². The Labute approximate surface area is 200 Å². The van der Waals surface area contributed by atoms with E-state index in [-0.39, 0.29) is 48.1 Å². The zero-order valence-electron chi connectivity index (χ0n) is 20.4. The molecule has 1 atom stereocenters. The number of carbonyl (C=O) groups is 2. The highest BCUT2D eigenvalue weighted by Crippen LogP contribution is 2.30. The van der Waals surface area contributed by atoms with E-state index in [2.05, 4.69) is 5.32 Å². The molecule has 0 heterocycles. The minimum atomic E-state index is -0.665. The molecule has 2 rings (SSSR count). The number of hydrogen-bond donors (Lipinski definition) is 1. The highest BCUT2D eigenvalue weighted by atomic mass is 16.6. The molecule has 34 heavy (non-hydrogen) atoms. The number of hydrogen-bond acceptors (Lipinski definition) is 6. The first kappa shape index (κ1) is 26.6. The molecule has 0 fully saturated rings. The topological polar surface area (TPSA) is 111 Å². The number of aryl methyl sites for hydroxylation is 1. The van der Waals surface area contributed by atoms with Gasteiger partial charge in [0.1, 0.15) is 11.8 Å². The van der Waals surface area contributed by atoms with Gasteiger partial charge in [0, 0.05) is 25.2 Å². The molecule has 184 valence electrons. The van der Waals surface area contributed by atoms with Crippen molar-refractivity contribution < 1.29 is 24.0 Å². The van der Waals surface area contributed by atoms with E-state index in [0.717, 1.165) is 11.1 Å². The Kier molecular flexibility index (Phi) is 9.85. The van der Waals surface area contributed by atoms with Gasteiger partial charge in [0.15, 0.2) is 6.61 Å². The molecule has 0 aliphatic rings. The second kappa shape index (κ2) is 12.6. The maximum absolute atomic E-state index is 13.3. The van der Waals surface area contributed by atoms with Crippen LogP contribution in [0.25, 0.3) is 0 Å². The van der Waals surface area contributed by atoms with Crippen molar-refractivity contribution in [3.05, 3.63) is 63.7 Å².